The Balaban J connectivity index is 0.000000140. The van der Waals surface area contributed by atoms with Gasteiger partial charge in [0.15, 0.2) is 0 Å². The zero-order valence-corrected chi connectivity index (χ0v) is 70.0. The van der Waals surface area contributed by atoms with Crippen molar-refractivity contribution in [3.05, 3.63) is 447 Å². The van der Waals surface area contributed by atoms with Crippen LogP contribution >= 0.6 is 0 Å². The third-order valence-corrected chi connectivity index (χ3v) is 30.6. The van der Waals surface area contributed by atoms with Crippen LogP contribution in [-0.2, 0) is 10.8 Å². The molecule has 0 aromatic heterocycles. The first-order valence-electron chi connectivity index (χ1n) is 45.6. The Kier molecular flexibility index (Phi) is 18.4. The normalized spacial score (nSPS) is 21.5. The topological polar surface area (TPSA) is 6.48 Å². The van der Waals surface area contributed by atoms with E-state index in [9.17, 15) is 0 Å². The minimum Gasteiger partial charge on any atom is -0.311 e. The lowest BCUT2D eigenvalue weighted by Crippen LogP contribution is -2.55. The molecule has 2 heteroatoms. The monoisotopic (exact) mass is 1590 g/mol. The second-order valence-electron chi connectivity index (χ2n) is 37.0. The molecular weight excluding hydrogens is 1490 g/mol. The molecule has 8 fully saturated rings. The summed E-state index contributed by atoms with van der Waals surface area (Å²) in [6.45, 7) is 0. The van der Waals surface area contributed by atoms with E-state index in [1.54, 1.807) is 22.3 Å². The Morgan fingerprint density at radius 2 is 0.363 bits per heavy atom. The fourth-order valence-corrected chi connectivity index (χ4v) is 25.7. The van der Waals surface area contributed by atoms with Gasteiger partial charge in [-0.3, -0.25) is 0 Å². The summed E-state index contributed by atoms with van der Waals surface area (Å²) in [6.07, 6.45) is 14.3. The molecular formula is C122H98N2. The quantitative estimate of drug-likeness (QED) is 0.101. The highest BCUT2D eigenvalue weighted by molar-refractivity contribution is 5.96. The standard InChI is InChI=1S/C64H51N.C58H47N/c1-3-10-45(11-4-1)47-18-20-48(21-19-47)51-28-34-57(35-29-51)65(56-32-26-50(27-33-56)46-12-5-2-6-13-46)58-36-30-52(31-37-58)49-22-24-53(25-23-49)59-15-9-17-62-63(59)60-14-7-8-16-61(60)64(62)54-39-43-38-44(41-54)42-55(64)40-43;1-3-11-41(12-4-1)44-25-29-50(30-26-44)59(52-16-9-15-47(38-52)42-13-5-2-6-14-42)51-31-27-45(28-32-51)43-21-23-46(24-22-43)53-18-10-20-56-57(53)54-17-7-8-19-55(54)58(56)48-34-39-33-40(36-48)37-49(58)35-39/h1-37,43-44,54-55H,38-42H2;1-32,38-40,48-49H,33-37H2. The summed E-state index contributed by atoms with van der Waals surface area (Å²) in [7, 11) is 0. The van der Waals surface area contributed by atoms with Crippen LogP contribution in [0.5, 0.6) is 0 Å². The van der Waals surface area contributed by atoms with Crippen LogP contribution < -0.4 is 9.80 Å². The van der Waals surface area contributed by atoms with E-state index in [0.717, 1.165) is 81.5 Å². The van der Waals surface area contributed by atoms with Crippen LogP contribution in [0.15, 0.2) is 425 Å². The lowest BCUT2D eigenvalue weighted by molar-refractivity contribution is -0.0399. The maximum Gasteiger partial charge on any atom is 0.0467 e. The minimum absolute atomic E-state index is 0.187. The first-order chi connectivity index (χ1) is 61.4. The summed E-state index contributed by atoms with van der Waals surface area (Å²) >= 11 is 0. The lowest BCUT2D eigenvalue weighted by atomic mass is 9.43. The third kappa shape index (κ3) is 12.6. The molecule has 8 saturated carbocycles. The van der Waals surface area contributed by atoms with Crippen molar-refractivity contribution in [2.75, 3.05) is 9.80 Å². The fourth-order valence-electron chi connectivity index (χ4n) is 25.7. The summed E-state index contributed by atoms with van der Waals surface area (Å²) in [6, 6.07) is 158. The third-order valence-electron chi connectivity index (χ3n) is 30.6. The van der Waals surface area contributed by atoms with Gasteiger partial charge in [0, 0.05) is 45.0 Å². The van der Waals surface area contributed by atoms with E-state index in [1.807, 2.05) is 0 Å². The SMILES string of the molecule is c1ccc(-c2ccc(-c3ccc(N(c4ccc(-c5ccccc5)cc4)c4ccc(-c5ccc(-c6cccc7c6-c6ccccc6C76C7CC8CC(C7)CC6C8)cc5)cc4)cc3)cc2)cc1.c1ccc(-c2ccc(N(c3ccc(-c4ccc(-c5cccc6c5-c5ccccc5C65C6CC7CC(C6)CC5C7)cc4)cc3)c3cccc(-c4ccccc4)c3)cc2)cc1. The molecule has 124 heavy (non-hydrogen) atoms. The molecule has 17 aromatic carbocycles. The number of benzene rings is 17. The molecule has 596 valence electrons. The van der Waals surface area contributed by atoms with Gasteiger partial charge >= 0.3 is 0 Å². The summed E-state index contributed by atoms with van der Waals surface area (Å²) in [4.78, 5) is 4.74. The number of anilines is 6. The van der Waals surface area contributed by atoms with Gasteiger partial charge in [0.1, 0.15) is 0 Å². The van der Waals surface area contributed by atoms with Crippen LogP contribution in [0.3, 0.4) is 0 Å². The molecule has 2 nitrogen and oxygen atoms in total. The number of nitrogens with zero attached hydrogens (tertiary/aromatic N) is 2. The molecule has 0 N–H and O–H groups in total. The minimum atomic E-state index is 0.187. The Morgan fingerprint density at radius 1 is 0.153 bits per heavy atom. The Morgan fingerprint density at radius 3 is 0.661 bits per heavy atom. The zero-order chi connectivity index (χ0) is 81.8. The molecule has 0 saturated heterocycles. The molecule has 0 heterocycles. The molecule has 0 aliphatic heterocycles. The van der Waals surface area contributed by atoms with Crippen LogP contribution in [0.1, 0.15) is 86.5 Å². The average Bonchev–Trinajstić information content (AvgIpc) is 1.50. The largest absolute Gasteiger partial charge is 0.311 e. The highest BCUT2D eigenvalue weighted by atomic mass is 15.1. The summed E-state index contributed by atoms with van der Waals surface area (Å²) in [5.41, 5.74) is 42.0. The van der Waals surface area contributed by atoms with Crippen molar-refractivity contribution in [3.8, 4) is 122 Å². The zero-order valence-electron chi connectivity index (χ0n) is 70.0. The van der Waals surface area contributed by atoms with E-state index in [4.69, 9.17) is 0 Å². The Bertz CT molecular complexity index is 6720. The van der Waals surface area contributed by atoms with Gasteiger partial charge in [0.25, 0.3) is 0 Å². The van der Waals surface area contributed by atoms with Gasteiger partial charge in [-0.2, -0.15) is 0 Å². The number of fused-ring (bicyclic) bond motifs is 6. The van der Waals surface area contributed by atoms with Crippen molar-refractivity contribution in [2.24, 2.45) is 47.3 Å². The first-order valence-corrected chi connectivity index (χ1v) is 45.6. The van der Waals surface area contributed by atoms with Gasteiger partial charge in [0.05, 0.1) is 0 Å². The second kappa shape index (κ2) is 30.7. The molecule has 0 radical (unpaired) electrons. The van der Waals surface area contributed by atoms with E-state index in [0.29, 0.717) is 0 Å². The average molecular weight is 1590 g/mol. The van der Waals surface area contributed by atoms with Crippen molar-refractivity contribution in [2.45, 2.75) is 75.0 Å². The van der Waals surface area contributed by atoms with Gasteiger partial charge in [-0.05, 0) is 329 Å². The van der Waals surface area contributed by atoms with Gasteiger partial charge in [-0.15, -0.1) is 0 Å². The molecule has 10 aliphatic rings. The van der Waals surface area contributed by atoms with Crippen molar-refractivity contribution in [1.29, 1.82) is 0 Å². The van der Waals surface area contributed by atoms with E-state index in [1.165, 1.54) is 187 Å². The Labute approximate surface area is 730 Å². The van der Waals surface area contributed by atoms with Crippen LogP contribution in [0.2, 0.25) is 0 Å². The molecule has 0 unspecified atom stereocenters. The Hall–Kier alpha value is -13.7. The van der Waals surface area contributed by atoms with Crippen LogP contribution in [0.4, 0.5) is 34.1 Å². The number of hydrogen-bond acceptors (Lipinski definition) is 2. The summed E-state index contributed by atoms with van der Waals surface area (Å²) < 4.78 is 0. The van der Waals surface area contributed by atoms with Crippen LogP contribution in [0, 0.1) is 47.3 Å². The molecule has 8 bridgehead atoms. The van der Waals surface area contributed by atoms with Gasteiger partial charge in [0.2, 0.25) is 0 Å². The molecule has 27 rings (SSSR count). The molecule has 2 spiro atoms. The molecule has 10 aliphatic carbocycles. The number of rotatable bonds is 15. The first kappa shape index (κ1) is 74.2. The van der Waals surface area contributed by atoms with Crippen molar-refractivity contribution < 1.29 is 0 Å². The fraction of sp³-hybridized carbons (Fsp3) is 0.164. The highest BCUT2D eigenvalue weighted by Gasteiger charge is 2.63. The summed E-state index contributed by atoms with van der Waals surface area (Å²) in [5, 5.41) is 0. The highest BCUT2D eigenvalue weighted by Crippen LogP contribution is 2.72. The molecule has 17 aromatic rings. The summed E-state index contributed by atoms with van der Waals surface area (Å²) in [5.74, 6) is 6.89. The van der Waals surface area contributed by atoms with Crippen molar-refractivity contribution >= 4 is 34.1 Å². The van der Waals surface area contributed by atoms with Gasteiger partial charge < -0.3 is 9.80 Å². The molecule has 0 amide bonds. The van der Waals surface area contributed by atoms with Crippen molar-refractivity contribution in [3.63, 3.8) is 0 Å². The maximum absolute atomic E-state index is 2.51. The van der Waals surface area contributed by atoms with E-state index in [-0.39, 0.29) is 10.8 Å². The van der Waals surface area contributed by atoms with Gasteiger partial charge in [-0.25, -0.2) is 0 Å². The van der Waals surface area contributed by atoms with E-state index >= 15 is 0 Å². The van der Waals surface area contributed by atoms with Crippen LogP contribution in [-0.4, -0.2) is 0 Å². The van der Waals surface area contributed by atoms with E-state index in [2.05, 4.69) is 434 Å². The van der Waals surface area contributed by atoms with E-state index < -0.39 is 0 Å². The smallest absolute Gasteiger partial charge is 0.0467 e. The van der Waals surface area contributed by atoms with Crippen molar-refractivity contribution in [1.82, 2.24) is 0 Å². The lowest BCUT2D eigenvalue weighted by Gasteiger charge is -2.61. The maximum atomic E-state index is 2.51. The van der Waals surface area contributed by atoms with Crippen LogP contribution in [0.25, 0.3) is 122 Å². The molecule has 0 atom stereocenters. The van der Waals surface area contributed by atoms with Gasteiger partial charge in [-0.1, -0.05) is 352 Å². The predicted molar refractivity (Wildman–Crippen MR) is 518 cm³/mol. The second-order valence-corrected chi connectivity index (χ2v) is 37.0. The number of hydrogen-bond donors (Lipinski definition) is 0. The predicted octanol–water partition coefficient (Wildman–Crippen LogP) is 32.8.